The number of nitrogens with one attached hydrogen (secondary N) is 1. The number of rotatable bonds is 6. The van der Waals surface area contributed by atoms with E-state index in [1.807, 2.05) is 42.6 Å². The molecule has 1 N–H and O–H groups in total. The molecule has 1 saturated heterocycles. The Morgan fingerprint density at radius 1 is 1.10 bits per heavy atom. The molecule has 1 aromatic heterocycles. The van der Waals surface area contributed by atoms with Crippen molar-refractivity contribution in [1.29, 1.82) is 0 Å². The van der Waals surface area contributed by atoms with Gasteiger partial charge in [0.2, 0.25) is 6.79 Å². The van der Waals surface area contributed by atoms with Crippen LogP contribution in [0.25, 0.3) is 11.4 Å². The van der Waals surface area contributed by atoms with Crippen LogP contribution in [0, 0.1) is 0 Å². The number of H-pyrrole nitrogens is 1. The highest BCUT2D eigenvalue weighted by Gasteiger charge is 2.22. The van der Waals surface area contributed by atoms with E-state index < -0.39 is 0 Å². The van der Waals surface area contributed by atoms with Crippen molar-refractivity contribution < 1.29 is 18.9 Å². The van der Waals surface area contributed by atoms with Crippen LogP contribution in [0.5, 0.6) is 17.2 Å². The molecule has 29 heavy (non-hydrogen) atoms. The van der Waals surface area contributed by atoms with Crippen molar-refractivity contribution >= 4 is 0 Å². The van der Waals surface area contributed by atoms with Gasteiger partial charge in [0.05, 0.1) is 6.61 Å². The highest BCUT2D eigenvalue weighted by atomic mass is 16.7. The Kier molecular flexibility index (Phi) is 5.06. The maximum absolute atomic E-state index is 5.92. The first-order valence-electron chi connectivity index (χ1n) is 9.79. The van der Waals surface area contributed by atoms with Crippen LogP contribution in [-0.4, -0.2) is 54.1 Å². The van der Waals surface area contributed by atoms with Crippen molar-refractivity contribution in [3.8, 4) is 28.6 Å². The predicted molar refractivity (Wildman–Crippen MR) is 107 cm³/mol. The summed E-state index contributed by atoms with van der Waals surface area (Å²) in [6, 6.07) is 15.8. The van der Waals surface area contributed by atoms with Crippen LogP contribution in [-0.2, 0) is 11.3 Å². The van der Waals surface area contributed by atoms with Gasteiger partial charge < -0.3 is 23.9 Å². The number of nitrogens with zero attached hydrogens (tertiary/aromatic N) is 2. The smallest absolute Gasteiger partial charge is 0.231 e. The number of ether oxygens (including phenoxy) is 4. The zero-order chi connectivity index (χ0) is 19.5. The van der Waals surface area contributed by atoms with Crippen LogP contribution in [0.2, 0.25) is 0 Å². The third kappa shape index (κ3) is 4.21. The summed E-state index contributed by atoms with van der Waals surface area (Å²) in [4.78, 5) is 10.3. The van der Waals surface area contributed by atoms with E-state index in [4.69, 9.17) is 18.9 Å². The number of aromatic nitrogens is 2. The van der Waals surface area contributed by atoms with Gasteiger partial charge in [0.1, 0.15) is 24.3 Å². The average molecular weight is 393 g/mol. The molecule has 0 amide bonds. The molecule has 2 aromatic carbocycles. The van der Waals surface area contributed by atoms with Crippen LogP contribution in [0.1, 0.15) is 5.69 Å². The lowest BCUT2D eigenvalue weighted by Crippen LogP contribution is -2.44. The van der Waals surface area contributed by atoms with E-state index in [2.05, 4.69) is 27.0 Å². The van der Waals surface area contributed by atoms with Gasteiger partial charge in [-0.05, 0) is 12.1 Å². The SMILES string of the molecule is c1ccc(-c2ncc(CN3CCOC(COc4ccc5c(c4)OCO5)C3)[nH]2)cc1. The molecule has 0 spiro atoms. The zero-order valence-corrected chi connectivity index (χ0v) is 16.0. The molecule has 3 heterocycles. The second-order valence-electron chi connectivity index (χ2n) is 7.18. The normalized spacial score (nSPS) is 18.7. The number of benzene rings is 2. The summed E-state index contributed by atoms with van der Waals surface area (Å²) >= 11 is 0. The lowest BCUT2D eigenvalue weighted by molar-refractivity contribution is -0.0507. The molecule has 0 bridgehead atoms. The summed E-state index contributed by atoms with van der Waals surface area (Å²) < 4.78 is 22.5. The number of imidazole rings is 1. The highest BCUT2D eigenvalue weighted by Crippen LogP contribution is 2.35. The van der Waals surface area contributed by atoms with Crippen molar-refractivity contribution in [3.05, 3.63) is 60.4 Å². The van der Waals surface area contributed by atoms with Gasteiger partial charge in [-0.3, -0.25) is 4.90 Å². The van der Waals surface area contributed by atoms with Crippen molar-refractivity contribution in [3.63, 3.8) is 0 Å². The standard InChI is InChI=1S/C22H23N3O4/c1-2-4-16(5-3-1)22-23-11-17(24-22)12-25-8-9-26-19(13-25)14-27-18-6-7-20-21(10-18)29-15-28-20/h1-7,10-11,19H,8-9,12-15H2,(H,23,24). The second-order valence-corrected chi connectivity index (χ2v) is 7.18. The zero-order valence-electron chi connectivity index (χ0n) is 16.0. The van der Waals surface area contributed by atoms with E-state index >= 15 is 0 Å². The molecule has 0 aliphatic carbocycles. The molecule has 150 valence electrons. The summed E-state index contributed by atoms with van der Waals surface area (Å²) in [5.41, 5.74) is 2.19. The molecule has 3 aromatic rings. The van der Waals surface area contributed by atoms with Crippen LogP contribution in [0.4, 0.5) is 0 Å². The Morgan fingerprint density at radius 3 is 2.93 bits per heavy atom. The number of aromatic amines is 1. The molecule has 0 saturated carbocycles. The Balaban J connectivity index is 1.15. The Hall–Kier alpha value is -3.03. The Labute approximate surface area is 169 Å². The number of morpholine rings is 1. The fourth-order valence-corrected chi connectivity index (χ4v) is 3.60. The molecule has 7 nitrogen and oxygen atoms in total. The van der Waals surface area contributed by atoms with Gasteiger partial charge in [-0.2, -0.15) is 0 Å². The number of hydrogen-bond donors (Lipinski definition) is 1. The molecular formula is C22H23N3O4. The molecule has 1 atom stereocenters. The molecule has 1 unspecified atom stereocenters. The second kappa shape index (κ2) is 8.14. The molecule has 5 rings (SSSR count). The van der Waals surface area contributed by atoms with E-state index in [9.17, 15) is 0 Å². The third-order valence-corrected chi connectivity index (χ3v) is 5.07. The summed E-state index contributed by atoms with van der Waals surface area (Å²) in [7, 11) is 0. The minimum Gasteiger partial charge on any atom is -0.491 e. The molecular weight excluding hydrogens is 370 g/mol. The van der Waals surface area contributed by atoms with Crippen LogP contribution in [0.15, 0.2) is 54.7 Å². The first-order chi connectivity index (χ1) is 14.3. The molecule has 2 aliphatic rings. The summed E-state index contributed by atoms with van der Waals surface area (Å²) in [5, 5.41) is 0. The van der Waals surface area contributed by atoms with Gasteiger partial charge in [-0.15, -0.1) is 0 Å². The van der Waals surface area contributed by atoms with Crippen LogP contribution < -0.4 is 14.2 Å². The summed E-state index contributed by atoms with van der Waals surface area (Å²) in [6.45, 7) is 3.95. The monoisotopic (exact) mass is 393 g/mol. The Bertz CT molecular complexity index is 960. The lowest BCUT2D eigenvalue weighted by atomic mass is 10.2. The van der Waals surface area contributed by atoms with Crippen molar-refractivity contribution in [2.75, 3.05) is 33.1 Å². The molecule has 1 fully saturated rings. The van der Waals surface area contributed by atoms with Crippen molar-refractivity contribution in [2.45, 2.75) is 12.6 Å². The van der Waals surface area contributed by atoms with Gasteiger partial charge in [-0.25, -0.2) is 4.98 Å². The van der Waals surface area contributed by atoms with Gasteiger partial charge in [0.25, 0.3) is 0 Å². The summed E-state index contributed by atoms with van der Waals surface area (Å²) in [6.07, 6.45) is 1.93. The largest absolute Gasteiger partial charge is 0.491 e. The van der Waals surface area contributed by atoms with E-state index in [0.717, 1.165) is 54.0 Å². The first-order valence-corrected chi connectivity index (χ1v) is 9.79. The fourth-order valence-electron chi connectivity index (χ4n) is 3.60. The third-order valence-electron chi connectivity index (χ3n) is 5.07. The average Bonchev–Trinajstić information content (AvgIpc) is 3.42. The minimum atomic E-state index is 0.0192. The molecule has 2 aliphatic heterocycles. The Morgan fingerprint density at radius 2 is 2.00 bits per heavy atom. The highest BCUT2D eigenvalue weighted by molar-refractivity contribution is 5.54. The lowest BCUT2D eigenvalue weighted by Gasteiger charge is -2.32. The molecule has 0 radical (unpaired) electrons. The van der Waals surface area contributed by atoms with E-state index in [1.165, 1.54) is 0 Å². The van der Waals surface area contributed by atoms with E-state index in [0.29, 0.717) is 13.2 Å². The van der Waals surface area contributed by atoms with E-state index in [1.54, 1.807) is 0 Å². The minimum absolute atomic E-state index is 0.0192. The van der Waals surface area contributed by atoms with Crippen molar-refractivity contribution in [1.82, 2.24) is 14.9 Å². The number of hydrogen-bond acceptors (Lipinski definition) is 6. The molecule has 7 heteroatoms. The number of fused-ring (bicyclic) bond motifs is 1. The van der Waals surface area contributed by atoms with Crippen LogP contribution >= 0.6 is 0 Å². The van der Waals surface area contributed by atoms with E-state index in [-0.39, 0.29) is 12.9 Å². The quantitative estimate of drug-likeness (QED) is 0.694. The predicted octanol–water partition coefficient (Wildman–Crippen LogP) is 3.09. The van der Waals surface area contributed by atoms with Gasteiger partial charge >= 0.3 is 0 Å². The summed E-state index contributed by atoms with van der Waals surface area (Å²) in [5.74, 6) is 3.14. The van der Waals surface area contributed by atoms with Gasteiger partial charge in [0.15, 0.2) is 11.5 Å². The first kappa shape index (κ1) is 18.0. The van der Waals surface area contributed by atoms with Gasteiger partial charge in [0, 0.05) is 43.2 Å². The van der Waals surface area contributed by atoms with Crippen molar-refractivity contribution in [2.24, 2.45) is 0 Å². The fraction of sp³-hybridized carbons (Fsp3) is 0.318. The van der Waals surface area contributed by atoms with Gasteiger partial charge in [-0.1, -0.05) is 30.3 Å². The topological polar surface area (TPSA) is 68.8 Å². The maximum atomic E-state index is 5.92. The van der Waals surface area contributed by atoms with Crippen LogP contribution in [0.3, 0.4) is 0 Å². The maximum Gasteiger partial charge on any atom is 0.231 e.